The van der Waals surface area contributed by atoms with Gasteiger partial charge in [-0.25, -0.2) is 13.2 Å². The van der Waals surface area contributed by atoms with Crippen LogP contribution in [-0.2, 0) is 0 Å². The third-order valence-electron chi connectivity index (χ3n) is 8.36. The predicted octanol–water partition coefficient (Wildman–Crippen LogP) is 11.0. The van der Waals surface area contributed by atoms with Crippen molar-refractivity contribution in [3.05, 3.63) is 132 Å². The molecule has 190 valence electrons. The lowest BCUT2D eigenvalue weighted by atomic mass is 9.83. The molecule has 0 aliphatic heterocycles. The molecule has 0 aromatic heterocycles. The monoisotopic (exact) mass is 522 g/mol. The molecule has 0 saturated carbocycles. The van der Waals surface area contributed by atoms with E-state index in [4.69, 9.17) is 0 Å². The molecule has 8 aromatic rings. The summed E-state index contributed by atoms with van der Waals surface area (Å²) in [5.74, 6) is -3.86. The van der Waals surface area contributed by atoms with Crippen LogP contribution in [0.15, 0.2) is 109 Å². The Balaban J connectivity index is 1.56. The number of hydrogen-bond donors (Lipinski definition) is 0. The minimum atomic E-state index is -1.46. The maximum Gasteiger partial charge on any atom is 0.194 e. The molecule has 0 amide bonds. The Morgan fingerprint density at radius 2 is 0.925 bits per heavy atom. The first-order valence-corrected chi connectivity index (χ1v) is 13.3. The molecule has 0 aliphatic rings. The Morgan fingerprint density at radius 1 is 0.450 bits per heavy atom. The molecule has 0 unspecified atom stereocenters. The Labute approximate surface area is 228 Å². The summed E-state index contributed by atoms with van der Waals surface area (Å²) in [5.41, 5.74) is 4.39. The second kappa shape index (κ2) is 8.30. The first-order chi connectivity index (χ1) is 19.5. The van der Waals surface area contributed by atoms with E-state index in [1.165, 1.54) is 32.5 Å². The highest BCUT2D eigenvalue weighted by atomic mass is 19.2. The first-order valence-electron chi connectivity index (χ1n) is 13.3. The van der Waals surface area contributed by atoms with Crippen LogP contribution in [0.5, 0.6) is 0 Å². The second-order valence-corrected chi connectivity index (χ2v) is 10.5. The Bertz CT molecular complexity index is 2230. The number of rotatable bonds is 2. The van der Waals surface area contributed by atoms with Crippen LogP contribution in [-0.4, -0.2) is 0 Å². The van der Waals surface area contributed by atoms with Crippen molar-refractivity contribution in [3.63, 3.8) is 0 Å². The summed E-state index contributed by atoms with van der Waals surface area (Å²) >= 11 is 0. The van der Waals surface area contributed by atoms with Gasteiger partial charge in [-0.2, -0.15) is 0 Å². The summed E-state index contributed by atoms with van der Waals surface area (Å²) < 4.78 is 42.8. The van der Waals surface area contributed by atoms with Gasteiger partial charge in [0.2, 0.25) is 0 Å². The summed E-state index contributed by atoms with van der Waals surface area (Å²) in [7, 11) is 0. The van der Waals surface area contributed by atoms with E-state index in [0.717, 1.165) is 50.2 Å². The number of hydrogen-bond acceptors (Lipinski definition) is 0. The lowest BCUT2D eigenvalue weighted by molar-refractivity contribution is 0.448. The summed E-state index contributed by atoms with van der Waals surface area (Å²) in [6, 6.07) is 35.6. The fourth-order valence-electron chi connectivity index (χ4n) is 6.59. The van der Waals surface area contributed by atoms with Crippen LogP contribution < -0.4 is 0 Å². The topological polar surface area (TPSA) is 0 Å². The molecule has 3 heteroatoms. The van der Waals surface area contributed by atoms with Gasteiger partial charge >= 0.3 is 0 Å². The van der Waals surface area contributed by atoms with Crippen molar-refractivity contribution in [2.45, 2.75) is 6.92 Å². The largest absolute Gasteiger partial charge is 0.204 e. The third kappa shape index (κ3) is 3.09. The van der Waals surface area contributed by atoms with Crippen molar-refractivity contribution in [1.29, 1.82) is 0 Å². The van der Waals surface area contributed by atoms with Gasteiger partial charge in [0, 0.05) is 0 Å². The van der Waals surface area contributed by atoms with E-state index < -0.39 is 17.5 Å². The van der Waals surface area contributed by atoms with E-state index >= 15 is 0 Å². The van der Waals surface area contributed by atoms with Crippen LogP contribution in [0.1, 0.15) is 5.56 Å². The van der Waals surface area contributed by atoms with E-state index in [1.807, 2.05) is 36.4 Å². The minimum Gasteiger partial charge on any atom is -0.204 e. The predicted molar refractivity (Wildman–Crippen MR) is 161 cm³/mol. The van der Waals surface area contributed by atoms with Crippen molar-refractivity contribution in [2.75, 3.05) is 0 Å². The van der Waals surface area contributed by atoms with Gasteiger partial charge in [-0.15, -0.1) is 0 Å². The summed E-state index contributed by atoms with van der Waals surface area (Å²) in [6.45, 7) is 2.15. The number of fused-ring (bicyclic) bond motifs is 2. The highest BCUT2D eigenvalue weighted by Crippen LogP contribution is 2.47. The van der Waals surface area contributed by atoms with Crippen molar-refractivity contribution in [1.82, 2.24) is 0 Å². The van der Waals surface area contributed by atoms with Gasteiger partial charge in [-0.1, -0.05) is 97.1 Å². The standard InChI is InChI=1S/C37H21F3/c1-20-10-11-21-13-16-29-30(17-14-22-12-15-24(20)34(21)35(22)29)36-27-8-4-2-6-25(27)33(26-7-3-5-9-28(26)36)23-18-31(38)37(40)32(39)19-23/h2-19H,1H3. The maximum atomic E-state index is 14.5. The average molecular weight is 523 g/mol. The molecule has 0 heterocycles. The Hall–Kier alpha value is -4.89. The molecule has 0 atom stereocenters. The quantitative estimate of drug-likeness (QED) is 0.120. The molecule has 0 saturated heterocycles. The smallest absolute Gasteiger partial charge is 0.194 e. The van der Waals surface area contributed by atoms with Crippen LogP contribution >= 0.6 is 0 Å². The molecule has 0 nitrogen and oxygen atoms in total. The molecule has 8 rings (SSSR count). The zero-order valence-electron chi connectivity index (χ0n) is 21.5. The van der Waals surface area contributed by atoms with E-state index in [2.05, 4.69) is 67.6 Å². The van der Waals surface area contributed by atoms with Gasteiger partial charge in [0.25, 0.3) is 0 Å². The minimum absolute atomic E-state index is 0.307. The lowest BCUT2D eigenvalue weighted by Gasteiger charge is -2.20. The molecule has 0 spiro atoms. The van der Waals surface area contributed by atoms with Crippen molar-refractivity contribution in [3.8, 4) is 22.3 Å². The van der Waals surface area contributed by atoms with Crippen molar-refractivity contribution >= 4 is 53.9 Å². The first kappa shape index (κ1) is 23.0. The molecule has 0 fully saturated rings. The highest BCUT2D eigenvalue weighted by Gasteiger charge is 2.21. The van der Waals surface area contributed by atoms with E-state index in [0.29, 0.717) is 11.1 Å². The molecule has 0 bridgehead atoms. The van der Waals surface area contributed by atoms with E-state index in [-0.39, 0.29) is 0 Å². The van der Waals surface area contributed by atoms with E-state index in [1.54, 1.807) is 0 Å². The molecule has 0 N–H and O–H groups in total. The van der Waals surface area contributed by atoms with Gasteiger partial charge < -0.3 is 0 Å². The molecular weight excluding hydrogens is 501 g/mol. The summed E-state index contributed by atoms with van der Waals surface area (Å²) in [4.78, 5) is 0. The van der Waals surface area contributed by atoms with Gasteiger partial charge in [0.1, 0.15) is 0 Å². The second-order valence-electron chi connectivity index (χ2n) is 10.5. The molecule has 40 heavy (non-hydrogen) atoms. The molecule has 0 aliphatic carbocycles. The third-order valence-corrected chi connectivity index (χ3v) is 8.36. The normalized spacial score (nSPS) is 12.0. The Morgan fingerprint density at radius 3 is 1.52 bits per heavy atom. The maximum absolute atomic E-state index is 14.5. The van der Waals surface area contributed by atoms with Crippen LogP contribution in [0.4, 0.5) is 13.2 Å². The lowest BCUT2D eigenvalue weighted by Crippen LogP contribution is -1.95. The van der Waals surface area contributed by atoms with Crippen LogP contribution in [0.2, 0.25) is 0 Å². The van der Waals surface area contributed by atoms with Crippen LogP contribution in [0.3, 0.4) is 0 Å². The number of aryl methyl sites for hydroxylation is 1. The number of benzene rings is 8. The summed E-state index contributed by atoms with van der Waals surface area (Å²) in [5, 5.41) is 10.9. The van der Waals surface area contributed by atoms with Crippen molar-refractivity contribution < 1.29 is 13.2 Å². The van der Waals surface area contributed by atoms with Gasteiger partial charge in [-0.05, 0) is 101 Å². The van der Waals surface area contributed by atoms with Gasteiger partial charge in [0.05, 0.1) is 0 Å². The fraction of sp³-hybridized carbons (Fsp3) is 0.0270. The molecule has 8 aromatic carbocycles. The highest BCUT2D eigenvalue weighted by molar-refractivity contribution is 6.29. The zero-order chi connectivity index (χ0) is 27.1. The average Bonchev–Trinajstić information content (AvgIpc) is 2.98. The molecular formula is C37H21F3. The Kier molecular flexibility index (Phi) is 4.78. The fourth-order valence-corrected chi connectivity index (χ4v) is 6.59. The van der Waals surface area contributed by atoms with Gasteiger partial charge in [0.15, 0.2) is 17.5 Å². The van der Waals surface area contributed by atoms with Crippen LogP contribution in [0, 0.1) is 24.4 Å². The van der Waals surface area contributed by atoms with E-state index in [9.17, 15) is 13.2 Å². The molecule has 0 radical (unpaired) electrons. The van der Waals surface area contributed by atoms with Crippen molar-refractivity contribution in [2.24, 2.45) is 0 Å². The van der Waals surface area contributed by atoms with Gasteiger partial charge in [-0.3, -0.25) is 0 Å². The summed E-state index contributed by atoms with van der Waals surface area (Å²) in [6.07, 6.45) is 0. The number of halogens is 3. The van der Waals surface area contributed by atoms with Crippen LogP contribution in [0.25, 0.3) is 76.1 Å². The zero-order valence-corrected chi connectivity index (χ0v) is 21.5. The SMILES string of the molecule is Cc1ccc2ccc3c(-c4c5ccccc5c(-c5cc(F)c(F)c(F)c5)c5ccccc45)ccc4ccc1c2c43.